The van der Waals surface area contributed by atoms with Crippen molar-refractivity contribution in [3.63, 3.8) is 0 Å². The van der Waals surface area contributed by atoms with E-state index >= 15 is 0 Å². The summed E-state index contributed by atoms with van der Waals surface area (Å²) in [6.07, 6.45) is 4.21. The van der Waals surface area contributed by atoms with Crippen LogP contribution in [0.2, 0.25) is 0 Å². The van der Waals surface area contributed by atoms with E-state index in [0.29, 0.717) is 12.1 Å². The highest BCUT2D eigenvalue weighted by molar-refractivity contribution is 8.08. The van der Waals surface area contributed by atoms with E-state index in [1.54, 1.807) is 23.1 Å². The maximum Gasteiger partial charge on any atom is 0.271 e. The highest BCUT2D eigenvalue weighted by Crippen LogP contribution is 2.45. The summed E-state index contributed by atoms with van der Waals surface area (Å²) in [5.41, 5.74) is 2.86. The number of anilines is 1. The molecule has 8 heteroatoms. The Labute approximate surface area is 203 Å². The van der Waals surface area contributed by atoms with Gasteiger partial charge in [0.25, 0.3) is 10.6 Å². The van der Waals surface area contributed by atoms with Crippen LogP contribution in [0.25, 0.3) is 11.1 Å². The minimum absolute atomic E-state index is 0.0302. The Morgan fingerprint density at radius 2 is 2.00 bits per heavy atom. The third kappa shape index (κ3) is 4.04. The van der Waals surface area contributed by atoms with Crippen LogP contribution in [-0.4, -0.2) is 11.6 Å². The van der Waals surface area contributed by atoms with Crippen LogP contribution in [-0.2, 0) is 13.1 Å². The molecule has 0 radical (unpaired) electrons. The number of nitrogens with zero attached hydrogens (tertiary/aromatic N) is 4. The van der Waals surface area contributed by atoms with Crippen LogP contribution in [0.3, 0.4) is 0 Å². The second kappa shape index (κ2) is 9.02. The van der Waals surface area contributed by atoms with Crippen LogP contribution in [0, 0.1) is 11.3 Å². The number of hydrogen-bond donors (Lipinski definition) is 0. The van der Waals surface area contributed by atoms with Crippen LogP contribution in [0.5, 0.6) is 0 Å². The lowest BCUT2D eigenvalue weighted by atomic mass is 10.2. The van der Waals surface area contributed by atoms with E-state index in [1.165, 1.54) is 16.9 Å². The first kappa shape index (κ1) is 21.7. The van der Waals surface area contributed by atoms with E-state index in [-0.39, 0.29) is 5.56 Å². The standard InChI is InChI=1S/C25H21N4OS3/c1-3-29-22(14-21-28(11-12-31-21)16-17-7-5-4-6-8-17)33-23(24(29)30)25-27(2)19-13-18(15-26)9-10-20(19)32-25/h4-14H,3,16H2,1-2H3/q+1/b25-23+. The normalized spacial score (nSPS) is 15.1. The van der Waals surface area contributed by atoms with Crippen molar-refractivity contribution in [2.75, 3.05) is 11.9 Å². The monoisotopic (exact) mass is 489 g/mol. The average Bonchev–Trinajstić information content (AvgIpc) is 3.50. The summed E-state index contributed by atoms with van der Waals surface area (Å²) in [6, 6.07) is 18.2. The van der Waals surface area contributed by atoms with Gasteiger partial charge in [-0.25, -0.2) is 0 Å². The zero-order valence-electron chi connectivity index (χ0n) is 18.2. The minimum atomic E-state index is 0.0302. The Balaban J connectivity index is 1.61. The molecule has 0 fully saturated rings. The molecule has 0 N–H and O–H groups in total. The summed E-state index contributed by atoms with van der Waals surface area (Å²) in [5.74, 6) is 0. The molecule has 0 saturated carbocycles. The molecule has 0 spiro atoms. The summed E-state index contributed by atoms with van der Waals surface area (Å²) in [7, 11) is 1.96. The van der Waals surface area contributed by atoms with E-state index in [0.717, 1.165) is 36.4 Å². The molecule has 0 aliphatic carbocycles. The molecule has 0 unspecified atom stereocenters. The molecule has 0 saturated heterocycles. The van der Waals surface area contributed by atoms with Crippen molar-refractivity contribution in [1.29, 1.82) is 5.26 Å². The molecule has 4 aromatic rings. The van der Waals surface area contributed by atoms with Gasteiger partial charge in [-0.1, -0.05) is 53.4 Å². The van der Waals surface area contributed by atoms with Crippen molar-refractivity contribution >= 4 is 51.2 Å². The summed E-state index contributed by atoms with van der Waals surface area (Å²) in [6.45, 7) is 3.40. The fourth-order valence-corrected chi connectivity index (χ4v) is 7.13. The SMILES string of the molecule is CCn1c(=O)/c(=C2\Sc3ccc(C#N)cc3N2C)s/c1=C\c1scc[n+]1Cc1ccccc1. The Morgan fingerprint density at radius 3 is 2.76 bits per heavy atom. The van der Waals surface area contributed by atoms with Gasteiger partial charge in [-0.2, -0.15) is 9.83 Å². The molecule has 0 atom stereocenters. The fourth-order valence-electron chi connectivity index (χ4n) is 3.83. The Morgan fingerprint density at radius 1 is 1.18 bits per heavy atom. The van der Waals surface area contributed by atoms with Gasteiger partial charge in [-0.3, -0.25) is 9.36 Å². The first-order chi connectivity index (χ1) is 16.1. The Hall–Kier alpha value is -3.12. The maximum atomic E-state index is 13.4. The molecule has 5 nitrogen and oxygen atoms in total. The first-order valence-electron chi connectivity index (χ1n) is 10.5. The van der Waals surface area contributed by atoms with Crippen molar-refractivity contribution in [3.05, 3.63) is 95.8 Å². The van der Waals surface area contributed by atoms with Crippen molar-refractivity contribution < 1.29 is 4.57 Å². The molecule has 2 aromatic carbocycles. The van der Waals surface area contributed by atoms with E-state index in [4.69, 9.17) is 0 Å². The second-order valence-electron chi connectivity index (χ2n) is 7.58. The van der Waals surface area contributed by atoms with Gasteiger partial charge in [0.1, 0.15) is 14.2 Å². The molecule has 0 bridgehead atoms. The smallest absolute Gasteiger partial charge is 0.271 e. The zero-order valence-corrected chi connectivity index (χ0v) is 20.6. The average molecular weight is 490 g/mol. The van der Waals surface area contributed by atoms with Crippen molar-refractivity contribution in [2.45, 2.75) is 24.9 Å². The molecular weight excluding hydrogens is 469 g/mol. The lowest BCUT2D eigenvalue weighted by Crippen LogP contribution is -2.36. The van der Waals surface area contributed by atoms with E-state index < -0.39 is 0 Å². The second-order valence-corrected chi connectivity index (χ2v) is 10.6. The molecule has 1 aliphatic rings. The van der Waals surface area contributed by atoms with Crippen molar-refractivity contribution in [3.8, 4) is 6.07 Å². The van der Waals surface area contributed by atoms with E-state index in [9.17, 15) is 10.1 Å². The number of fused-ring (bicyclic) bond motifs is 1. The third-order valence-corrected chi connectivity index (χ3v) is 8.88. The largest absolute Gasteiger partial charge is 0.337 e. The summed E-state index contributed by atoms with van der Waals surface area (Å²) in [5, 5.41) is 13.4. The maximum absolute atomic E-state index is 13.4. The van der Waals surface area contributed by atoms with Gasteiger partial charge in [0.2, 0.25) is 0 Å². The van der Waals surface area contributed by atoms with Crippen LogP contribution in [0.1, 0.15) is 23.1 Å². The summed E-state index contributed by atoms with van der Waals surface area (Å²) < 4.78 is 5.73. The van der Waals surface area contributed by atoms with E-state index in [1.807, 2.05) is 47.7 Å². The number of thiazole rings is 2. The predicted molar refractivity (Wildman–Crippen MR) is 136 cm³/mol. The van der Waals surface area contributed by atoms with Crippen molar-refractivity contribution in [2.24, 2.45) is 0 Å². The van der Waals surface area contributed by atoms with Gasteiger partial charge in [0, 0.05) is 24.1 Å². The molecule has 3 heterocycles. The number of nitriles is 1. The quantitative estimate of drug-likeness (QED) is 0.413. The number of rotatable bonds is 4. The van der Waals surface area contributed by atoms with Crippen LogP contribution in [0.15, 0.2) is 69.8 Å². The van der Waals surface area contributed by atoms with Gasteiger partial charge in [-0.15, -0.1) is 11.3 Å². The zero-order chi connectivity index (χ0) is 22.9. The third-order valence-electron chi connectivity index (χ3n) is 5.54. The van der Waals surface area contributed by atoms with Gasteiger partial charge in [0.15, 0.2) is 12.7 Å². The fraction of sp³-hybridized carbons (Fsp3) is 0.160. The number of hydrogen-bond acceptors (Lipinski definition) is 6. The van der Waals surface area contributed by atoms with Gasteiger partial charge in [0.05, 0.1) is 28.8 Å². The predicted octanol–water partition coefficient (Wildman–Crippen LogP) is 3.34. The van der Waals surface area contributed by atoms with Crippen LogP contribution < -0.4 is 24.2 Å². The lowest BCUT2D eigenvalue weighted by molar-refractivity contribution is -0.685. The van der Waals surface area contributed by atoms with Crippen LogP contribution in [0.4, 0.5) is 5.69 Å². The van der Waals surface area contributed by atoms with Gasteiger partial charge >= 0.3 is 0 Å². The molecule has 2 aromatic heterocycles. The Bertz CT molecular complexity index is 1560. The number of benzene rings is 2. The summed E-state index contributed by atoms with van der Waals surface area (Å²) >= 11 is 4.79. The molecule has 0 amide bonds. The number of thioether (sulfide) groups is 1. The summed E-state index contributed by atoms with van der Waals surface area (Å²) in [4.78, 5) is 16.5. The van der Waals surface area contributed by atoms with Crippen molar-refractivity contribution in [1.82, 2.24) is 4.57 Å². The molecule has 5 rings (SSSR count). The first-order valence-corrected chi connectivity index (χ1v) is 13.0. The topological polar surface area (TPSA) is 52.9 Å². The molecular formula is C25H21N4OS3+. The van der Waals surface area contributed by atoms with Gasteiger partial charge < -0.3 is 4.90 Å². The molecule has 1 aliphatic heterocycles. The minimum Gasteiger partial charge on any atom is -0.337 e. The van der Waals surface area contributed by atoms with Gasteiger partial charge in [-0.05, 0) is 25.1 Å². The number of aromatic nitrogens is 2. The highest BCUT2D eigenvalue weighted by atomic mass is 32.2. The van der Waals surface area contributed by atoms with Crippen LogP contribution >= 0.6 is 34.4 Å². The molecule has 164 valence electrons. The lowest BCUT2D eigenvalue weighted by Gasteiger charge is -2.12. The molecule has 33 heavy (non-hydrogen) atoms. The van der Waals surface area contributed by atoms with E-state index in [2.05, 4.69) is 52.6 Å². The highest BCUT2D eigenvalue weighted by Gasteiger charge is 2.25. The Kier molecular flexibility index (Phi) is 5.94.